The first-order chi connectivity index (χ1) is 14.8. The number of rotatable bonds is 7. The number of aliphatic hydroxyl groups excluding tert-OH is 1. The molecule has 0 saturated carbocycles. The number of fused-ring (bicyclic) bond motifs is 1. The highest BCUT2D eigenvalue weighted by Crippen LogP contribution is 2.60. The number of carboxylic acids is 1. The first kappa shape index (κ1) is 22.3. The molecule has 3 saturated heterocycles. The molecule has 2 amide bonds. The first-order valence-corrected chi connectivity index (χ1v) is 11.2. The summed E-state index contributed by atoms with van der Waals surface area (Å²) >= 11 is 9.47. The zero-order valence-corrected chi connectivity index (χ0v) is 18.8. The smallest absolute Gasteiger partial charge is 0.310 e. The number of likely N-dealkylation sites (tertiary alicyclic amines) is 1. The van der Waals surface area contributed by atoms with Crippen LogP contribution in [0.15, 0.2) is 36.9 Å². The van der Waals surface area contributed by atoms with Crippen LogP contribution in [0.3, 0.4) is 0 Å². The van der Waals surface area contributed by atoms with Gasteiger partial charge in [0.15, 0.2) is 0 Å². The fourth-order valence-electron chi connectivity index (χ4n) is 5.26. The van der Waals surface area contributed by atoms with Crippen molar-refractivity contribution in [3.63, 3.8) is 0 Å². The predicted molar refractivity (Wildman–Crippen MR) is 116 cm³/mol. The molecule has 0 aliphatic carbocycles. The molecule has 3 aliphatic heterocycles. The van der Waals surface area contributed by atoms with Gasteiger partial charge in [-0.05, 0) is 30.7 Å². The molecule has 0 radical (unpaired) electrons. The largest absolute Gasteiger partial charge is 0.481 e. The Morgan fingerprint density at radius 1 is 1.39 bits per heavy atom. The minimum Gasteiger partial charge on any atom is -0.481 e. The minimum atomic E-state index is -1.28. The van der Waals surface area contributed by atoms with Gasteiger partial charge >= 0.3 is 5.97 Å². The quantitative estimate of drug-likeness (QED) is 0.424. The molecular weight excluding hydrogens is 492 g/mol. The summed E-state index contributed by atoms with van der Waals surface area (Å²) in [6.07, 6.45) is 1.18. The second kappa shape index (κ2) is 8.20. The van der Waals surface area contributed by atoms with Gasteiger partial charge in [0.25, 0.3) is 5.91 Å². The van der Waals surface area contributed by atoms with Crippen molar-refractivity contribution in [3.05, 3.63) is 41.9 Å². The van der Waals surface area contributed by atoms with E-state index in [-0.39, 0.29) is 24.5 Å². The van der Waals surface area contributed by atoms with Crippen LogP contribution in [0.1, 0.15) is 6.42 Å². The van der Waals surface area contributed by atoms with Crippen LogP contribution >= 0.6 is 27.5 Å². The Bertz CT molecular complexity index is 927. The fraction of sp³-hybridized carbons (Fsp3) is 0.476. The zero-order chi connectivity index (χ0) is 22.5. The molecule has 1 aromatic carbocycles. The number of carboxylic acid groups (broad SMARTS) is 1. The van der Waals surface area contributed by atoms with Crippen molar-refractivity contribution in [3.8, 4) is 0 Å². The number of ether oxygens (including phenoxy) is 1. The Balaban J connectivity index is 1.79. The molecule has 1 spiro atoms. The monoisotopic (exact) mass is 512 g/mol. The van der Waals surface area contributed by atoms with Crippen LogP contribution in [0, 0.1) is 11.8 Å². The molecule has 166 valence electrons. The fourth-order valence-corrected chi connectivity index (χ4v) is 6.33. The number of anilines is 1. The maximum atomic E-state index is 13.9. The van der Waals surface area contributed by atoms with Crippen LogP contribution in [0.2, 0.25) is 5.02 Å². The Kier molecular flexibility index (Phi) is 5.89. The highest BCUT2D eigenvalue weighted by molar-refractivity contribution is 9.09. The van der Waals surface area contributed by atoms with E-state index in [1.165, 1.54) is 9.80 Å². The van der Waals surface area contributed by atoms with Crippen LogP contribution in [0.4, 0.5) is 5.69 Å². The van der Waals surface area contributed by atoms with Crippen LogP contribution in [-0.2, 0) is 19.1 Å². The molecule has 2 bridgehead atoms. The van der Waals surface area contributed by atoms with Gasteiger partial charge in [0.2, 0.25) is 5.91 Å². The van der Waals surface area contributed by atoms with Crippen LogP contribution in [0.5, 0.6) is 0 Å². The van der Waals surface area contributed by atoms with Gasteiger partial charge in [0.05, 0.1) is 24.5 Å². The van der Waals surface area contributed by atoms with Crippen molar-refractivity contribution < 1.29 is 29.3 Å². The van der Waals surface area contributed by atoms with Gasteiger partial charge in [-0.25, -0.2) is 0 Å². The molecule has 8 nitrogen and oxygen atoms in total. The number of hydrogen-bond donors (Lipinski definition) is 2. The van der Waals surface area contributed by atoms with E-state index in [0.29, 0.717) is 17.1 Å². The first-order valence-electron chi connectivity index (χ1n) is 9.90. The number of amides is 2. The number of benzene rings is 1. The van der Waals surface area contributed by atoms with E-state index >= 15 is 0 Å². The highest BCUT2D eigenvalue weighted by Gasteiger charge is 2.76. The number of halogens is 2. The number of hydrogen-bond acceptors (Lipinski definition) is 5. The Hall–Kier alpha value is -1.94. The molecule has 2 N–H and O–H groups in total. The third kappa shape index (κ3) is 3.29. The molecule has 0 aromatic heterocycles. The number of aliphatic hydroxyl groups is 1. The summed E-state index contributed by atoms with van der Waals surface area (Å²) < 4.78 is 6.17. The van der Waals surface area contributed by atoms with Gasteiger partial charge < -0.3 is 24.7 Å². The lowest BCUT2D eigenvalue weighted by Crippen LogP contribution is -2.57. The van der Waals surface area contributed by atoms with Gasteiger partial charge in [-0.2, -0.15) is 0 Å². The Morgan fingerprint density at radius 2 is 2.06 bits per heavy atom. The summed E-state index contributed by atoms with van der Waals surface area (Å²) in [7, 11) is 0. The van der Waals surface area contributed by atoms with E-state index in [9.17, 15) is 24.6 Å². The van der Waals surface area contributed by atoms with Crippen molar-refractivity contribution >= 4 is 51.0 Å². The number of carbonyl (C=O) groups excluding carboxylic acids is 2. The normalized spacial score (nSPS) is 33.5. The standard InChI is InChI=1S/C21H22BrClN2O6/c1-2-7-24(12-5-3-11(23)4-6-12)19(28)17-21-10-13(22)16(31-21)14(20(29)30)15(21)18(27)25(17)8-9-26/h2-6,13-17,26H,1,7-10H2,(H,29,30)/t13?,14-,15+,16-,17-,21+/m0/s1. The lowest BCUT2D eigenvalue weighted by atomic mass is 9.70. The Labute approximate surface area is 192 Å². The lowest BCUT2D eigenvalue weighted by molar-refractivity contribution is -0.149. The molecule has 3 fully saturated rings. The van der Waals surface area contributed by atoms with Crippen molar-refractivity contribution in [1.82, 2.24) is 4.90 Å². The van der Waals surface area contributed by atoms with Gasteiger partial charge in [0, 0.05) is 28.6 Å². The number of β-amino-alcohol motifs (C(OH)–C–C–N with tert-alkyl or cyclic N) is 1. The maximum absolute atomic E-state index is 13.9. The van der Waals surface area contributed by atoms with Crippen LogP contribution in [0.25, 0.3) is 0 Å². The molecule has 10 heteroatoms. The summed E-state index contributed by atoms with van der Waals surface area (Å²) in [6.45, 7) is 3.44. The van der Waals surface area contributed by atoms with Gasteiger partial charge in [-0.3, -0.25) is 14.4 Å². The Morgan fingerprint density at radius 3 is 2.65 bits per heavy atom. The number of aliphatic carboxylic acids is 1. The molecule has 1 aromatic rings. The molecule has 3 heterocycles. The van der Waals surface area contributed by atoms with Crippen LogP contribution in [-0.4, -0.2) is 75.2 Å². The van der Waals surface area contributed by atoms with Crippen molar-refractivity contribution in [2.45, 2.75) is 29.0 Å². The molecular formula is C21H22BrClN2O6. The summed E-state index contributed by atoms with van der Waals surface area (Å²) in [5, 5.41) is 19.9. The van der Waals surface area contributed by atoms with Gasteiger partial charge in [0.1, 0.15) is 11.6 Å². The van der Waals surface area contributed by atoms with Crippen LogP contribution < -0.4 is 4.90 Å². The van der Waals surface area contributed by atoms with Crippen molar-refractivity contribution in [1.29, 1.82) is 0 Å². The van der Waals surface area contributed by atoms with E-state index in [1.54, 1.807) is 30.3 Å². The van der Waals surface area contributed by atoms with E-state index in [1.807, 2.05) is 0 Å². The van der Waals surface area contributed by atoms with Gasteiger partial charge in [-0.15, -0.1) is 6.58 Å². The summed E-state index contributed by atoms with van der Waals surface area (Å²) in [6, 6.07) is 5.61. The highest BCUT2D eigenvalue weighted by atomic mass is 79.9. The number of alkyl halides is 1. The number of nitrogens with zero attached hydrogens (tertiary/aromatic N) is 2. The van der Waals surface area contributed by atoms with Crippen molar-refractivity contribution in [2.75, 3.05) is 24.6 Å². The summed E-state index contributed by atoms with van der Waals surface area (Å²) in [5.41, 5.74) is -0.722. The van der Waals surface area contributed by atoms with Gasteiger partial charge in [-0.1, -0.05) is 33.6 Å². The SMILES string of the molecule is C=CCN(C(=O)[C@@H]1N(CCO)C(=O)[C@H]2[C@H](C(=O)O)[C@H]3O[C@@]12CC3Br)c1ccc(Cl)cc1. The third-order valence-electron chi connectivity index (χ3n) is 6.37. The van der Waals surface area contributed by atoms with E-state index in [2.05, 4.69) is 22.5 Å². The summed E-state index contributed by atoms with van der Waals surface area (Å²) in [4.78, 5) is 41.6. The van der Waals surface area contributed by atoms with E-state index < -0.39 is 47.4 Å². The summed E-state index contributed by atoms with van der Waals surface area (Å²) in [5.74, 6) is -4.07. The maximum Gasteiger partial charge on any atom is 0.310 e. The minimum absolute atomic E-state index is 0.0939. The second-order valence-electron chi connectivity index (χ2n) is 7.97. The predicted octanol–water partition coefficient (Wildman–Crippen LogP) is 1.68. The zero-order valence-electron chi connectivity index (χ0n) is 16.5. The van der Waals surface area contributed by atoms with Crippen molar-refractivity contribution in [2.24, 2.45) is 11.8 Å². The molecule has 3 aliphatic rings. The molecule has 31 heavy (non-hydrogen) atoms. The lowest BCUT2D eigenvalue weighted by Gasteiger charge is -2.36. The third-order valence-corrected chi connectivity index (χ3v) is 7.46. The molecule has 6 atom stereocenters. The van der Waals surface area contributed by atoms with E-state index in [4.69, 9.17) is 16.3 Å². The van der Waals surface area contributed by atoms with E-state index in [0.717, 1.165) is 0 Å². The molecule has 1 unspecified atom stereocenters. The number of carbonyl (C=O) groups is 3. The average Bonchev–Trinajstić information content (AvgIpc) is 3.31. The second-order valence-corrected chi connectivity index (χ2v) is 9.58. The average molecular weight is 514 g/mol. The molecule has 4 rings (SSSR count). The topological polar surface area (TPSA) is 107 Å².